The number of carbonyl (C=O) groups excluding carboxylic acids is 1. The summed E-state index contributed by atoms with van der Waals surface area (Å²) in [7, 11) is -3.64. The first-order valence-electron chi connectivity index (χ1n) is 8.91. The molecule has 9 nitrogen and oxygen atoms in total. The fourth-order valence-electron chi connectivity index (χ4n) is 2.98. The van der Waals surface area contributed by atoms with Crippen LogP contribution in [0.5, 0.6) is 5.75 Å². The van der Waals surface area contributed by atoms with Crippen LogP contribution in [0.4, 0.5) is 5.69 Å². The van der Waals surface area contributed by atoms with Gasteiger partial charge in [-0.3, -0.25) is 9.10 Å². The molecule has 0 radical (unpaired) electrons. The fourth-order valence-corrected chi connectivity index (χ4v) is 4.06. The number of nitrogens with zero attached hydrogens (tertiary/aromatic N) is 3. The van der Waals surface area contributed by atoms with E-state index in [1.807, 2.05) is 30.3 Å². The van der Waals surface area contributed by atoms with Crippen LogP contribution in [-0.4, -0.2) is 43.4 Å². The van der Waals surface area contributed by atoms with Crippen LogP contribution in [0.3, 0.4) is 0 Å². The molecule has 4 rings (SSSR count). The van der Waals surface area contributed by atoms with E-state index < -0.39 is 22.0 Å². The lowest BCUT2D eigenvalue weighted by atomic mass is 10.2. The maximum atomic E-state index is 12.6. The molecule has 0 bridgehead atoms. The second kappa shape index (κ2) is 7.96. The lowest BCUT2D eigenvalue weighted by molar-refractivity contribution is -0.128. The van der Waals surface area contributed by atoms with Gasteiger partial charge in [-0.15, -0.1) is 0 Å². The molecule has 2 aromatic carbocycles. The highest BCUT2D eigenvalue weighted by Gasteiger charge is 2.35. The Kier molecular flexibility index (Phi) is 5.35. The van der Waals surface area contributed by atoms with Crippen molar-refractivity contribution < 1.29 is 22.5 Å². The molecule has 11 heteroatoms. The molecular weight excluding hydrogens is 432 g/mol. The monoisotopic (exact) mass is 448 g/mol. The second-order valence-electron chi connectivity index (χ2n) is 6.61. The maximum absolute atomic E-state index is 12.6. The number of rotatable bonds is 5. The second-order valence-corrected chi connectivity index (χ2v) is 8.95. The summed E-state index contributed by atoms with van der Waals surface area (Å²) < 4.78 is 36.4. The van der Waals surface area contributed by atoms with Gasteiger partial charge >= 0.3 is 0 Å². The average molecular weight is 449 g/mol. The van der Waals surface area contributed by atoms with Crippen molar-refractivity contribution in [2.45, 2.75) is 12.6 Å². The summed E-state index contributed by atoms with van der Waals surface area (Å²) in [6.07, 6.45) is 0.00606. The number of fused-ring (bicyclic) bond motifs is 1. The molecule has 0 saturated heterocycles. The highest BCUT2D eigenvalue weighted by molar-refractivity contribution is 7.92. The van der Waals surface area contributed by atoms with E-state index in [0.717, 1.165) is 16.1 Å². The van der Waals surface area contributed by atoms with Crippen LogP contribution in [0.2, 0.25) is 5.02 Å². The van der Waals surface area contributed by atoms with Gasteiger partial charge in [-0.2, -0.15) is 4.98 Å². The quantitative estimate of drug-likeness (QED) is 0.636. The van der Waals surface area contributed by atoms with E-state index >= 15 is 0 Å². The molecule has 1 aliphatic heterocycles. The first kappa shape index (κ1) is 20.2. The van der Waals surface area contributed by atoms with Gasteiger partial charge in [0.25, 0.3) is 5.91 Å². The molecule has 1 aromatic heterocycles. The lowest BCUT2D eigenvalue weighted by Gasteiger charge is -2.33. The number of sulfonamides is 1. The van der Waals surface area contributed by atoms with Crippen molar-refractivity contribution in [3.63, 3.8) is 0 Å². The van der Waals surface area contributed by atoms with Gasteiger partial charge in [-0.05, 0) is 18.2 Å². The Bertz CT molecular complexity index is 1180. The number of carbonyl (C=O) groups is 1. The third kappa shape index (κ3) is 4.24. The highest BCUT2D eigenvalue weighted by Crippen LogP contribution is 2.37. The molecule has 0 spiro atoms. The number of hydrogen-bond acceptors (Lipinski definition) is 7. The first-order valence-corrected chi connectivity index (χ1v) is 11.1. The third-order valence-electron chi connectivity index (χ3n) is 4.40. The summed E-state index contributed by atoms with van der Waals surface area (Å²) in [5, 5.41) is 6.89. The Morgan fingerprint density at radius 3 is 2.77 bits per heavy atom. The molecule has 1 atom stereocenters. The number of anilines is 1. The van der Waals surface area contributed by atoms with Crippen molar-refractivity contribution in [1.29, 1.82) is 0 Å². The zero-order chi connectivity index (χ0) is 21.3. The maximum Gasteiger partial charge on any atom is 0.263 e. The largest absolute Gasteiger partial charge is 0.476 e. The van der Waals surface area contributed by atoms with Crippen molar-refractivity contribution in [3.8, 4) is 17.1 Å². The van der Waals surface area contributed by atoms with Crippen LogP contribution in [0, 0.1) is 0 Å². The molecule has 156 valence electrons. The van der Waals surface area contributed by atoms with Crippen LogP contribution in [0.25, 0.3) is 11.4 Å². The van der Waals surface area contributed by atoms with Gasteiger partial charge in [-0.1, -0.05) is 47.1 Å². The van der Waals surface area contributed by atoms with Crippen molar-refractivity contribution >= 4 is 33.2 Å². The fraction of sp³-hybridized carbons (Fsp3) is 0.211. The van der Waals surface area contributed by atoms with E-state index in [2.05, 4.69) is 15.5 Å². The number of hydrogen-bond donors (Lipinski definition) is 1. The predicted octanol–water partition coefficient (Wildman–Crippen LogP) is 2.23. The smallest absolute Gasteiger partial charge is 0.263 e. The summed E-state index contributed by atoms with van der Waals surface area (Å²) in [5.74, 6) is 0.358. The minimum absolute atomic E-state index is 0.0229. The lowest BCUT2D eigenvalue weighted by Crippen LogP contribution is -2.50. The Morgan fingerprint density at radius 2 is 2.03 bits per heavy atom. The summed E-state index contributed by atoms with van der Waals surface area (Å²) in [6, 6.07) is 13.8. The molecule has 2 heterocycles. The average Bonchev–Trinajstić information content (AvgIpc) is 3.20. The van der Waals surface area contributed by atoms with Crippen LogP contribution in [0.15, 0.2) is 53.1 Å². The molecule has 0 fully saturated rings. The van der Waals surface area contributed by atoms with Crippen molar-refractivity contribution in [2.24, 2.45) is 0 Å². The van der Waals surface area contributed by atoms with Crippen molar-refractivity contribution in [1.82, 2.24) is 15.5 Å². The standard InChI is InChI=1S/C19H17ClN4O5S/c1-30(26,27)24-11-16(28-15-8-7-13(20)9-14(15)24)19(25)21-10-17-22-18(23-29-17)12-5-3-2-4-6-12/h2-9,16H,10-11H2,1H3,(H,21,25)/t16-/m0/s1. The molecule has 0 unspecified atom stereocenters. The van der Waals surface area contributed by atoms with Gasteiger partial charge < -0.3 is 14.6 Å². The Labute approximate surface area is 177 Å². The van der Waals surface area contributed by atoms with Crippen LogP contribution < -0.4 is 14.4 Å². The molecular formula is C19H17ClN4O5S. The minimum Gasteiger partial charge on any atom is -0.476 e. The van der Waals surface area contributed by atoms with E-state index in [-0.39, 0.29) is 24.7 Å². The van der Waals surface area contributed by atoms with Crippen LogP contribution in [0.1, 0.15) is 5.89 Å². The zero-order valence-corrected chi connectivity index (χ0v) is 17.4. The topological polar surface area (TPSA) is 115 Å². The highest BCUT2D eigenvalue weighted by atomic mass is 35.5. The van der Waals surface area contributed by atoms with Gasteiger partial charge in [0.2, 0.25) is 21.7 Å². The van der Waals surface area contributed by atoms with Crippen molar-refractivity contribution in [2.75, 3.05) is 17.1 Å². The van der Waals surface area contributed by atoms with Crippen molar-refractivity contribution in [3.05, 3.63) is 59.4 Å². The van der Waals surface area contributed by atoms with Crippen LogP contribution in [-0.2, 0) is 21.4 Å². The molecule has 30 heavy (non-hydrogen) atoms. The van der Waals surface area contributed by atoms with Gasteiger partial charge in [0.05, 0.1) is 25.0 Å². The Morgan fingerprint density at radius 1 is 1.27 bits per heavy atom. The van der Waals surface area contributed by atoms with Gasteiger partial charge in [0.1, 0.15) is 5.75 Å². The van der Waals surface area contributed by atoms with E-state index in [4.69, 9.17) is 20.9 Å². The number of halogens is 1. The normalized spacial score (nSPS) is 15.9. The predicted molar refractivity (Wildman–Crippen MR) is 110 cm³/mol. The molecule has 0 aliphatic carbocycles. The summed E-state index contributed by atoms with van der Waals surface area (Å²) in [6.45, 7) is -0.206. The number of nitrogens with one attached hydrogen (secondary N) is 1. The SMILES string of the molecule is CS(=O)(=O)N1C[C@@H](C(=O)NCc2nc(-c3ccccc3)no2)Oc2ccc(Cl)cc21. The van der Waals surface area contributed by atoms with E-state index in [9.17, 15) is 13.2 Å². The summed E-state index contributed by atoms with van der Waals surface area (Å²) in [5.41, 5.74) is 1.08. The summed E-state index contributed by atoms with van der Waals surface area (Å²) in [4.78, 5) is 16.9. The zero-order valence-electron chi connectivity index (χ0n) is 15.8. The van der Waals surface area contributed by atoms with E-state index in [0.29, 0.717) is 16.5 Å². The number of ether oxygens (including phenoxy) is 1. The minimum atomic E-state index is -3.64. The number of benzene rings is 2. The Hall–Kier alpha value is -3.11. The molecule has 1 N–H and O–H groups in total. The molecule has 1 amide bonds. The third-order valence-corrected chi connectivity index (χ3v) is 5.78. The van der Waals surface area contributed by atoms with E-state index in [1.54, 1.807) is 6.07 Å². The van der Waals surface area contributed by atoms with Gasteiger partial charge in [-0.25, -0.2) is 8.42 Å². The molecule has 3 aromatic rings. The number of aromatic nitrogens is 2. The Balaban J connectivity index is 1.46. The van der Waals surface area contributed by atoms with Gasteiger partial charge in [0, 0.05) is 10.6 Å². The first-order chi connectivity index (χ1) is 14.3. The van der Waals surface area contributed by atoms with Gasteiger partial charge in [0.15, 0.2) is 6.10 Å². The summed E-state index contributed by atoms with van der Waals surface area (Å²) >= 11 is 5.98. The van der Waals surface area contributed by atoms with E-state index in [1.165, 1.54) is 12.1 Å². The van der Waals surface area contributed by atoms with Crippen LogP contribution >= 0.6 is 11.6 Å². The number of amides is 1. The molecule has 0 saturated carbocycles. The molecule has 1 aliphatic rings.